The summed E-state index contributed by atoms with van der Waals surface area (Å²) < 4.78 is 25.5. The second-order valence-corrected chi connectivity index (χ2v) is 7.59. The summed E-state index contributed by atoms with van der Waals surface area (Å²) in [5.41, 5.74) is -0.338. The molecule has 0 aliphatic heterocycles. The number of hydrogen-bond acceptors (Lipinski definition) is 3. The molecule has 0 rings (SSSR count). The standard InChI is InChI=1S/C11H23NO4S/c1-9(2)12(7-6-10(13)14)17(15,16)8-11(3,4)5/h9H,6-8H2,1-5H3,(H,13,14). The molecule has 17 heavy (non-hydrogen) atoms. The van der Waals surface area contributed by atoms with Crippen LogP contribution in [0.5, 0.6) is 0 Å². The number of aliphatic carboxylic acids is 1. The van der Waals surface area contributed by atoms with Gasteiger partial charge in [-0.2, -0.15) is 4.31 Å². The van der Waals surface area contributed by atoms with Crippen molar-refractivity contribution in [1.29, 1.82) is 0 Å². The Kier molecular flexibility index (Phi) is 5.61. The third-order valence-corrected chi connectivity index (χ3v) is 4.64. The predicted octanol–water partition coefficient (Wildman–Crippen LogP) is 1.55. The molecule has 0 amide bonds. The highest BCUT2D eigenvalue weighted by molar-refractivity contribution is 7.89. The Balaban J connectivity index is 4.87. The monoisotopic (exact) mass is 265 g/mol. The van der Waals surface area contributed by atoms with Crippen LogP contribution in [0.1, 0.15) is 41.0 Å². The van der Waals surface area contributed by atoms with E-state index in [2.05, 4.69) is 0 Å². The lowest BCUT2D eigenvalue weighted by atomic mass is 10.0. The summed E-state index contributed by atoms with van der Waals surface area (Å²) in [6, 6.07) is -0.221. The summed E-state index contributed by atoms with van der Waals surface area (Å²) >= 11 is 0. The molecule has 0 aromatic heterocycles. The molecule has 0 saturated heterocycles. The number of carboxylic acids is 1. The fourth-order valence-corrected chi connectivity index (χ4v) is 3.83. The van der Waals surface area contributed by atoms with Gasteiger partial charge < -0.3 is 5.11 Å². The Hall–Kier alpha value is -0.620. The van der Waals surface area contributed by atoms with Crippen molar-refractivity contribution in [2.24, 2.45) is 5.41 Å². The summed E-state index contributed by atoms with van der Waals surface area (Å²) in [5, 5.41) is 8.62. The van der Waals surface area contributed by atoms with Crippen molar-refractivity contribution in [1.82, 2.24) is 4.31 Å². The molecule has 0 radical (unpaired) electrons. The Morgan fingerprint density at radius 3 is 2.06 bits per heavy atom. The first-order valence-electron chi connectivity index (χ1n) is 5.67. The van der Waals surface area contributed by atoms with Gasteiger partial charge in [-0.1, -0.05) is 20.8 Å². The summed E-state index contributed by atoms with van der Waals surface area (Å²) in [6.07, 6.45) is -0.165. The third kappa shape index (κ3) is 6.63. The highest BCUT2D eigenvalue weighted by atomic mass is 32.2. The largest absolute Gasteiger partial charge is 0.481 e. The van der Waals surface area contributed by atoms with E-state index in [1.807, 2.05) is 20.8 Å². The molecule has 0 saturated carbocycles. The van der Waals surface area contributed by atoms with E-state index in [-0.39, 0.29) is 30.2 Å². The van der Waals surface area contributed by atoms with Gasteiger partial charge in [0.2, 0.25) is 10.0 Å². The summed E-state index contributed by atoms with van der Waals surface area (Å²) in [7, 11) is -3.40. The maximum Gasteiger partial charge on any atom is 0.304 e. The first kappa shape index (κ1) is 16.4. The number of sulfonamides is 1. The molecule has 5 nitrogen and oxygen atoms in total. The first-order chi connectivity index (χ1) is 7.46. The molecule has 6 heteroatoms. The number of rotatable bonds is 6. The fourth-order valence-electron chi connectivity index (χ4n) is 1.55. The highest BCUT2D eigenvalue weighted by Crippen LogP contribution is 2.20. The van der Waals surface area contributed by atoms with Crippen LogP contribution in [0, 0.1) is 5.41 Å². The SMILES string of the molecule is CC(C)N(CCC(=O)O)S(=O)(=O)CC(C)(C)C. The van der Waals surface area contributed by atoms with E-state index in [1.165, 1.54) is 4.31 Å². The van der Waals surface area contributed by atoms with Gasteiger partial charge in [0.1, 0.15) is 0 Å². The first-order valence-corrected chi connectivity index (χ1v) is 7.28. The van der Waals surface area contributed by atoms with Crippen molar-refractivity contribution in [2.45, 2.75) is 47.1 Å². The molecule has 0 aromatic rings. The van der Waals surface area contributed by atoms with Gasteiger partial charge in [-0.3, -0.25) is 4.79 Å². The van der Waals surface area contributed by atoms with Crippen LogP contribution in [0.4, 0.5) is 0 Å². The number of nitrogens with zero attached hydrogens (tertiary/aromatic N) is 1. The zero-order valence-corrected chi connectivity index (χ0v) is 12.0. The summed E-state index contributed by atoms with van der Waals surface area (Å²) in [5.74, 6) is -0.959. The molecule has 0 spiro atoms. The van der Waals surface area contributed by atoms with Gasteiger partial charge >= 0.3 is 5.97 Å². The maximum absolute atomic E-state index is 12.1. The van der Waals surface area contributed by atoms with Crippen molar-refractivity contribution < 1.29 is 18.3 Å². The second kappa shape index (κ2) is 5.82. The van der Waals surface area contributed by atoms with Crippen LogP contribution in [-0.4, -0.2) is 42.1 Å². The van der Waals surface area contributed by atoms with Gasteiger partial charge in [-0.25, -0.2) is 8.42 Å². The summed E-state index contributed by atoms with van der Waals surface area (Å²) in [6.45, 7) is 9.08. The van der Waals surface area contributed by atoms with Gasteiger partial charge in [-0.05, 0) is 19.3 Å². The lowest BCUT2D eigenvalue weighted by molar-refractivity contribution is -0.137. The minimum absolute atomic E-state index is 0.0256. The fraction of sp³-hybridized carbons (Fsp3) is 0.909. The normalized spacial score (nSPS) is 13.4. The van der Waals surface area contributed by atoms with Crippen LogP contribution < -0.4 is 0 Å². The molecule has 102 valence electrons. The molecule has 0 unspecified atom stereocenters. The molecule has 0 aliphatic rings. The Labute approximate surface area is 104 Å². The van der Waals surface area contributed by atoms with Crippen molar-refractivity contribution in [3.8, 4) is 0 Å². The number of carboxylic acid groups (broad SMARTS) is 1. The highest BCUT2D eigenvalue weighted by Gasteiger charge is 2.29. The lowest BCUT2D eigenvalue weighted by Gasteiger charge is -2.29. The van der Waals surface area contributed by atoms with Crippen LogP contribution in [0.25, 0.3) is 0 Å². The summed E-state index contributed by atoms with van der Waals surface area (Å²) in [4.78, 5) is 10.5. The quantitative estimate of drug-likeness (QED) is 0.790. The molecule has 0 atom stereocenters. The number of hydrogen-bond donors (Lipinski definition) is 1. The molecule has 1 N–H and O–H groups in total. The van der Waals surface area contributed by atoms with Crippen molar-refractivity contribution in [2.75, 3.05) is 12.3 Å². The van der Waals surface area contributed by atoms with E-state index >= 15 is 0 Å². The zero-order valence-electron chi connectivity index (χ0n) is 11.2. The minimum atomic E-state index is -3.40. The average molecular weight is 265 g/mol. The van der Waals surface area contributed by atoms with Crippen LogP contribution in [-0.2, 0) is 14.8 Å². The molecule has 0 aromatic carbocycles. The molecule has 0 bridgehead atoms. The molecular weight excluding hydrogens is 242 g/mol. The Morgan fingerprint density at radius 2 is 1.76 bits per heavy atom. The second-order valence-electron chi connectivity index (χ2n) is 5.67. The molecule has 0 aliphatic carbocycles. The minimum Gasteiger partial charge on any atom is -0.481 e. The lowest BCUT2D eigenvalue weighted by Crippen LogP contribution is -2.42. The van der Waals surface area contributed by atoms with Gasteiger partial charge in [-0.15, -0.1) is 0 Å². The van der Waals surface area contributed by atoms with Crippen LogP contribution in [0.2, 0.25) is 0 Å². The van der Waals surface area contributed by atoms with Gasteiger partial charge in [0.05, 0.1) is 12.2 Å². The van der Waals surface area contributed by atoms with Crippen LogP contribution >= 0.6 is 0 Å². The van der Waals surface area contributed by atoms with Gasteiger partial charge in [0.15, 0.2) is 0 Å². The van der Waals surface area contributed by atoms with E-state index in [1.54, 1.807) is 13.8 Å². The van der Waals surface area contributed by atoms with E-state index < -0.39 is 16.0 Å². The topological polar surface area (TPSA) is 74.7 Å². The Morgan fingerprint density at radius 1 is 1.29 bits per heavy atom. The average Bonchev–Trinajstić information content (AvgIpc) is 1.96. The zero-order chi connectivity index (χ0) is 13.9. The van der Waals surface area contributed by atoms with Crippen molar-refractivity contribution >= 4 is 16.0 Å². The van der Waals surface area contributed by atoms with Crippen LogP contribution in [0.3, 0.4) is 0 Å². The van der Waals surface area contributed by atoms with E-state index in [0.29, 0.717) is 0 Å². The van der Waals surface area contributed by atoms with Crippen molar-refractivity contribution in [3.63, 3.8) is 0 Å². The Bertz CT molecular complexity index is 354. The van der Waals surface area contributed by atoms with Gasteiger partial charge in [0.25, 0.3) is 0 Å². The third-order valence-electron chi connectivity index (χ3n) is 2.09. The maximum atomic E-state index is 12.1. The van der Waals surface area contributed by atoms with E-state index in [0.717, 1.165) is 0 Å². The predicted molar refractivity (Wildman–Crippen MR) is 67.3 cm³/mol. The number of carbonyl (C=O) groups is 1. The van der Waals surface area contributed by atoms with E-state index in [9.17, 15) is 13.2 Å². The van der Waals surface area contributed by atoms with Gasteiger partial charge in [0, 0.05) is 12.6 Å². The smallest absolute Gasteiger partial charge is 0.304 e. The molecule has 0 fully saturated rings. The molecule has 0 heterocycles. The van der Waals surface area contributed by atoms with Crippen LogP contribution in [0.15, 0.2) is 0 Å². The van der Waals surface area contributed by atoms with Crippen molar-refractivity contribution in [3.05, 3.63) is 0 Å². The van der Waals surface area contributed by atoms with E-state index in [4.69, 9.17) is 5.11 Å². The molecular formula is C11H23NO4S.